The van der Waals surface area contributed by atoms with Crippen LogP contribution in [0.3, 0.4) is 0 Å². The monoisotopic (exact) mass is 265 g/mol. The van der Waals surface area contributed by atoms with Crippen molar-refractivity contribution in [1.29, 1.82) is 0 Å². The molecule has 2 nitrogen and oxygen atoms in total. The highest BCUT2D eigenvalue weighted by Gasteiger charge is 2.32. The number of aldehydes is 1. The molecule has 0 unspecified atom stereocenters. The van der Waals surface area contributed by atoms with Crippen molar-refractivity contribution in [3.05, 3.63) is 0 Å². The third kappa shape index (κ3) is 4.59. The van der Waals surface area contributed by atoms with Crippen LogP contribution in [0.1, 0.15) is 70.6 Å². The van der Waals surface area contributed by atoms with Crippen molar-refractivity contribution in [1.82, 2.24) is 4.90 Å². The highest BCUT2D eigenvalue weighted by atomic mass is 16.1. The Hall–Kier alpha value is -0.370. The van der Waals surface area contributed by atoms with Gasteiger partial charge in [-0.15, -0.1) is 0 Å². The maximum atomic E-state index is 11.6. The zero-order chi connectivity index (χ0) is 13.6. The minimum Gasteiger partial charge on any atom is -0.305 e. The summed E-state index contributed by atoms with van der Waals surface area (Å²) >= 11 is 0. The molecule has 0 aromatic rings. The minimum absolute atomic E-state index is 0.0279. The van der Waals surface area contributed by atoms with E-state index in [1.807, 2.05) is 0 Å². The molecule has 2 fully saturated rings. The Balaban J connectivity index is 1.83. The van der Waals surface area contributed by atoms with E-state index in [9.17, 15) is 4.79 Å². The number of carbonyl (C=O) groups is 1. The number of nitrogens with zero attached hydrogens (tertiary/aromatic N) is 1. The summed E-state index contributed by atoms with van der Waals surface area (Å²) in [7, 11) is 2.23. The second kappa shape index (κ2) is 7.42. The molecule has 0 aliphatic heterocycles. The van der Waals surface area contributed by atoms with Gasteiger partial charge in [0.05, 0.1) is 0 Å². The number of hydrogen-bond acceptors (Lipinski definition) is 2. The number of carbonyl (C=O) groups excluding carboxylic acids is 1. The van der Waals surface area contributed by atoms with E-state index in [2.05, 4.69) is 11.9 Å². The molecule has 0 atom stereocenters. The standard InChI is InChI=1S/C17H31NO/c1-18(13-16-9-5-4-6-10-16)14-17(15-19)11-7-2-3-8-12-17/h15-16H,2-14H2,1H3. The molecular weight excluding hydrogens is 234 g/mol. The predicted molar refractivity (Wildman–Crippen MR) is 80.3 cm³/mol. The van der Waals surface area contributed by atoms with Gasteiger partial charge in [-0.1, -0.05) is 44.9 Å². The molecule has 0 spiro atoms. The van der Waals surface area contributed by atoms with Gasteiger partial charge in [0.15, 0.2) is 0 Å². The first-order chi connectivity index (χ1) is 9.24. The van der Waals surface area contributed by atoms with Gasteiger partial charge in [-0.25, -0.2) is 0 Å². The van der Waals surface area contributed by atoms with Crippen molar-refractivity contribution >= 4 is 6.29 Å². The summed E-state index contributed by atoms with van der Waals surface area (Å²) in [5.74, 6) is 0.883. The smallest absolute Gasteiger partial charge is 0.127 e. The number of rotatable bonds is 5. The van der Waals surface area contributed by atoms with Gasteiger partial charge in [-0.2, -0.15) is 0 Å². The van der Waals surface area contributed by atoms with E-state index in [-0.39, 0.29) is 5.41 Å². The van der Waals surface area contributed by atoms with Gasteiger partial charge < -0.3 is 9.69 Å². The highest BCUT2D eigenvalue weighted by molar-refractivity contribution is 5.59. The fourth-order valence-corrected chi connectivity index (χ4v) is 4.16. The van der Waals surface area contributed by atoms with Crippen LogP contribution in [0.2, 0.25) is 0 Å². The Morgan fingerprint density at radius 3 is 2.16 bits per heavy atom. The largest absolute Gasteiger partial charge is 0.305 e. The Labute approximate surface area is 118 Å². The van der Waals surface area contributed by atoms with Crippen LogP contribution in [0.25, 0.3) is 0 Å². The zero-order valence-corrected chi connectivity index (χ0v) is 12.7. The summed E-state index contributed by atoms with van der Waals surface area (Å²) in [5.41, 5.74) is -0.0279. The molecule has 0 N–H and O–H groups in total. The van der Waals surface area contributed by atoms with Gasteiger partial charge in [0.2, 0.25) is 0 Å². The van der Waals surface area contributed by atoms with Gasteiger partial charge in [0.25, 0.3) is 0 Å². The van der Waals surface area contributed by atoms with E-state index in [0.717, 1.165) is 25.3 Å². The lowest BCUT2D eigenvalue weighted by atomic mass is 9.81. The van der Waals surface area contributed by atoms with Crippen LogP contribution >= 0.6 is 0 Å². The maximum absolute atomic E-state index is 11.6. The summed E-state index contributed by atoms with van der Waals surface area (Å²) in [4.78, 5) is 14.1. The maximum Gasteiger partial charge on any atom is 0.127 e. The van der Waals surface area contributed by atoms with Crippen molar-refractivity contribution in [2.24, 2.45) is 11.3 Å². The summed E-state index contributed by atoms with van der Waals surface area (Å²) in [5, 5.41) is 0. The van der Waals surface area contributed by atoms with E-state index in [4.69, 9.17) is 0 Å². The molecular formula is C17H31NO. The molecule has 0 heterocycles. The second-order valence-corrected chi connectivity index (χ2v) is 7.10. The summed E-state index contributed by atoms with van der Waals surface area (Å²) in [6.07, 6.45) is 15.7. The normalized spacial score (nSPS) is 25.2. The van der Waals surface area contributed by atoms with Gasteiger partial charge in [-0.05, 0) is 38.6 Å². The lowest BCUT2D eigenvalue weighted by molar-refractivity contribution is -0.118. The molecule has 110 valence electrons. The zero-order valence-electron chi connectivity index (χ0n) is 12.7. The molecule has 2 rings (SSSR count). The Morgan fingerprint density at radius 1 is 1.00 bits per heavy atom. The SMILES string of the molecule is CN(CC1CCCCC1)CC1(C=O)CCCCCC1. The average Bonchev–Trinajstić information content (AvgIpc) is 2.66. The summed E-state index contributed by atoms with van der Waals surface area (Å²) < 4.78 is 0. The van der Waals surface area contributed by atoms with Crippen LogP contribution in [-0.4, -0.2) is 31.3 Å². The van der Waals surface area contributed by atoms with E-state index in [1.165, 1.54) is 70.6 Å². The van der Waals surface area contributed by atoms with Gasteiger partial charge >= 0.3 is 0 Å². The fourth-order valence-electron chi connectivity index (χ4n) is 4.16. The molecule has 2 aliphatic rings. The van der Waals surface area contributed by atoms with Crippen LogP contribution in [0, 0.1) is 11.3 Å². The van der Waals surface area contributed by atoms with E-state index >= 15 is 0 Å². The van der Waals surface area contributed by atoms with Crippen molar-refractivity contribution in [2.45, 2.75) is 70.6 Å². The van der Waals surface area contributed by atoms with E-state index in [1.54, 1.807) is 0 Å². The van der Waals surface area contributed by atoms with Gasteiger partial charge in [0.1, 0.15) is 6.29 Å². The Kier molecular flexibility index (Phi) is 5.87. The molecule has 0 bridgehead atoms. The van der Waals surface area contributed by atoms with Gasteiger partial charge in [0, 0.05) is 18.5 Å². The first kappa shape index (κ1) is 15.0. The molecule has 0 amide bonds. The Morgan fingerprint density at radius 2 is 1.58 bits per heavy atom. The summed E-state index contributed by atoms with van der Waals surface area (Å²) in [6.45, 7) is 2.20. The quantitative estimate of drug-likeness (QED) is 0.552. The van der Waals surface area contributed by atoms with Crippen molar-refractivity contribution in [3.63, 3.8) is 0 Å². The topological polar surface area (TPSA) is 20.3 Å². The average molecular weight is 265 g/mol. The van der Waals surface area contributed by atoms with Crippen LogP contribution in [0.5, 0.6) is 0 Å². The lowest BCUT2D eigenvalue weighted by Crippen LogP contribution is -2.39. The van der Waals surface area contributed by atoms with Crippen molar-refractivity contribution < 1.29 is 4.79 Å². The molecule has 0 saturated heterocycles. The molecule has 0 aromatic carbocycles. The first-order valence-electron chi connectivity index (χ1n) is 8.39. The molecule has 2 heteroatoms. The van der Waals surface area contributed by atoms with Crippen LogP contribution < -0.4 is 0 Å². The number of hydrogen-bond donors (Lipinski definition) is 0. The van der Waals surface area contributed by atoms with Crippen LogP contribution in [0.15, 0.2) is 0 Å². The predicted octanol–water partition coefficient (Wildman–Crippen LogP) is 4.04. The first-order valence-corrected chi connectivity index (χ1v) is 8.39. The second-order valence-electron chi connectivity index (χ2n) is 7.10. The van der Waals surface area contributed by atoms with Crippen molar-refractivity contribution in [2.75, 3.05) is 20.1 Å². The fraction of sp³-hybridized carbons (Fsp3) is 0.941. The van der Waals surface area contributed by atoms with Crippen LogP contribution in [-0.2, 0) is 4.79 Å². The highest BCUT2D eigenvalue weighted by Crippen LogP contribution is 2.34. The molecule has 2 saturated carbocycles. The van der Waals surface area contributed by atoms with Crippen LogP contribution in [0.4, 0.5) is 0 Å². The molecule has 0 aromatic heterocycles. The van der Waals surface area contributed by atoms with Gasteiger partial charge in [-0.3, -0.25) is 0 Å². The lowest BCUT2D eigenvalue weighted by Gasteiger charge is -2.34. The third-order valence-electron chi connectivity index (χ3n) is 5.23. The van der Waals surface area contributed by atoms with E-state index < -0.39 is 0 Å². The van der Waals surface area contributed by atoms with Crippen molar-refractivity contribution in [3.8, 4) is 0 Å². The Bertz CT molecular complexity index is 262. The molecule has 19 heavy (non-hydrogen) atoms. The minimum atomic E-state index is -0.0279. The third-order valence-corrected chi connectivity index (χ3v) is 5.23. The van der Waals surface area contributed by atoms with E-state index in [0.29, 0.717) is 0 Å². The molecule has 2 aliphatic carbocycles. The molecule has 0 radical (unpaired) electrons. The summed E-state index contributed by atoms with van der Waals surface area (Å²) in [6, 6.07) is 0.